The lowest BCUT2D eigenvalue weighted by Crippen LogP contribution is -2.43. The van der Waals surface area contributed by atoms with Crippen LogP contribution in [0.5, 0.6) is 0 Å². The third-order valence-electron chi connectivity index (χ3n) is 7.01. The molecule has 0 saturated heterocycles. The summed E-state index contributed by atoms with van der Waals surface area (Å²) in [5.74, 6) is 0.0974. The van der Waals surface area contributed by atoms with Crippen LogP contribution in [0.1, 0.15) is 74.8 Å². The summed E-state index contributed by atoms with van der Waals surface area (Å²) in [4.78, 5) is 14.8. The molecule has 0 aliphatic heterocycles. The molecule has 2 aliphatic carbocycles. The zero-order valence-electron chi connectivity index (χ0n) is 19.9. The number of aromatic nitrogens is 1. The van der Waals surface area contributed by atoms with Crippen LogP contribution in [-0.4, -0.2) is 22.1 Å². The van der Waals surface area contributed by atoms with Crippen LogP contribution >= 0.6 is 23.9 Å². The fourth-order valence-electron chi connectivity index (χ4n) is 5.21. The molecule has 174 valence electrons. The molecule has 5 rings (SSSR count). The zero-order chi connectivity index (χ0) is 23.2. The Hall–Kier alpha value is -1.89. The SMILES string of the molecule is CSNc1ccc2c(C(=O)c3cccc(SNC(C)(C)C)c3)cn(C3CC4(CCC4)C3)c2c1. The number of nitrogens with one attached hydrogen (secondary N) is 2. The van der Waals surface area contributed by atoms with Gasteiger partial charge in [-0.05, 0) is 88.1 Å². The lowest BCUT2D eigenvalue weighted by molar-refractivity contribution is -0.0156. The first-order valence-electron chi connectivity index (χ1n) is 11.8. The molecule has 1 aromatic heterocycles. The molecule has 0 atom stereocenters. The molecular formula is C27H33N3OS2. The van der Waals surface area contributed by atoms with Crippen molar-refractivity contribution in [3.05, 3.63) is 59.8 Å². The second kappa shape index (κ2) is 8.71. The third kappa shape index (κ3) is 4.58. The lowest BCUT2D eigenvalue weighted by atomic mass is 9.54. The highest BCUT2D eigenvalue weighted by molar-refractivity contribution is 7.99. The van der Waals surface area contributed by atoms with E-state index < -0.39 is 0 Å². The van der Waals surface area contributed by atoms with E-state index in [4.69, 9.17) is 0 Å². The number of nitrogens with zero attached hydrogens (tertiary/aromatic N) is 1. The Morgan fingerprint density at radius 1 is 1.12 bits per heavy atom. The number of hydrogen-bond donors (Lipinski definition) is 2. The molecule has 0 unspecified atom stereocenters. The number of ketones is 1. The third-order valence-corrected chi connectivity index (χ3v) is 8.66. The lowest BCUT2D eigenvalue weighted by Gasteiger charge is -2.54. The van der Waals surface area contributed by atoms with Crippen molar-refractivity contribution < 1.29 is 4.79 Å². The van der Waals surface area contributed by atoms with Gasteiger partial charge in [-0.2, -0.15) is 0 Å². The van der Waals surface area contributed by atoms with Crippen LogP contribution in [0.15, 0.2) is 53.6 Å². The van der Waals surface area contributed by atoms with Crippen molar-refractivity contribution in [2.24, 2.45) is 5.41 Å². The Labute approximate surface area is 205 Å². The average Bonchev–Trinajstić information content (AvgIpc) is 3.08. The van der Waals surface area contributed by atoms with Gasteiger partial charge in [0, 0.05) is 51.1 Å². The van der Waals surface area contributed by atoms with Gasteiger partial charge in [0.25, 0.3) is 0 Å². The van der Waals surface area contributed by atoms with Crippen molar-refractivity contribution in [3.63, 3.8) is 0 Å². The fraction of sp³-hybridized carbons (Fsp3) is 0.444. The first-order chi connectivity index (χ1) is 15.8. The molecule has 2 aliphatic rings. The monoisotopic (exact) mass is 479 g/mol. The second-order valence-corrected chi connectivity index (χ2v) is 12.2. The minimum Gasteiger partial charge on any atom is -0.344 e. The van der Waals surface area contributed by atoms with Gasteiger partial charge in [0.15, 0.2) is 5.78 Å². The maximum absolute atomic E-state index is 13.7. The average molecular weight is 480 g/mol. The number of hydrogen-bond acceptors (Lipinski definition) is 5. The van der Waals surface area contributed by atoms with Crippen LogP contribution in [0.2, 0.25) is 0 Å². The minimum absolute atomic E-state index is 0.00118. The minimum atomic E-state index is 0.00118. The summed E-state index contributed by atoms with van der Waals surface area (Å²) in [5, 5.41) is 1.05. The van der Waals surface area contributed by atoms with Crippen molar-refractivity contribution in [2.75, 3.05) is 11.0 Å². The Morgan fingerprint density at radius 3 is 2.58 bits per heavy atom. The summed E-state index contributed by atoms with van der Waals surface area (Å²) in [6, 6.07) is 14.9. The number of benzene rings is 2. The maximum atomic E-state index is 13.7. The van der Waals surface area contributed by atoms with Crippen molar-refractivity contribution >= 4 is 46.3 Å². The summed E-state index contributed by atoms with van der Waals surface area (Å²) in [6.45, 7) is 6.41. The Bertz CT molecular complexity index is 1180. The smallest absolute Gasteiger partial charge is 0.195 e. The molecule has 4 nitrogen and oxygen atoms in total. The molecule has 0 amide bonds. The van der Waals surface area contributed by atoms with E-state index >= 15 is 0 Å². The van der Waals surface area contributed by atoms with E-state index in [-0.39, 0.29) is 11.3 Å². The first-order valence-corrected chi connectivity index (χ1v) is 13.8. The van der Waals surface area contributed by atoms with Crippen LogP contribution in [0, 0.1) is 5.41 Å². The van der Waals surface area contributed by atoms with Crippen LogP contribution in [0.25, 0.3) is 10.9 Å². The molecule has 6 heteroatoms. The van der Waals surface area contributed by atoms with Gasteiger partial charge in [-0.1, -0.05) is 36.6 Å². The van der Waals surface area contributed by atoms with E-state index in [1.165, 1.54) is 32.1 Å². The van der Waals surface area contributed by atoms with Crippen LogP contribution in [0.4, 0.5) is 5.69 Å². The van der Waals surface area contributed by atoms with Gasteiger partial charge in [0.1, 0.15) is 0 Å². The van der Waals surface area contributed by atoms with Crippen LogP contribution in [0.3, 0.4) is 0 Å². The predicted octanol–water partition coefficient (Wildman–Crippen LogP) is 7.46. The fourth-order valence-corrected chi connectivity index (χ4v) is 6.32. The molecule has 2 aromatic carbocycles. The number of carbonyl (C=O) groups excluding carboxylic acids is 1. The molecule has 2 N–H and O–H groups in total. The molecular weight excluding hydrogens is 446 g/mol. The quantitative estimate of drug-likeness (QED) is 0.272. The van der Waals surface area contributed by atoms with Gasteiger partial charge in [-0.3, -0.25) is 9.52 Å². The van der Waals surface area contributed by atoms with Crippen LogP contribution in [-0.2, 0) is 0 Å². The second-order valence-electron chi connectivity index (χ2n) is 10.7. The van der Waals surface area contributed by atoms with E-state index in [9.17, 15) is 4.79 Å². The molecule has 2 fully saturated rings. The van der Waals surface area contributed by atoms with Crippen molar-refractivity contribution in [1.29, 1.82) is 0 Å². The maximum Gasteiger partial charge on any atom is 0.195 e. The molecule has 1 spiro atoms. The molecule has 2 saturated carbocycles. The van der Waals surface area contributed by atoms with Crippen molar-refractivity contribution in [1.82, 2.24) is 9.29 Å². The molecule has 33 heavy (non-hydrogen) atoms. The predicted molar refractivity (Wildman–Crippen MR) is 142 cm³/mol. The summed E-state index contributed by atoms with van der Waals surface area (Å²) in [6.07, 6.45) is 10.8. The summed E-state index contributed by atoms with van der Waals surface area (Å²) < 4.78 is 9.18. The van der Waals surface area contributed by atoms with E-state index in [0.717, 1.165) is 32.6 Å². The molecule has 0 bridgehead atoms. The number of carbonyl (C=O) groups is 1. The zero-order valence-corrected chi connectivity index (χ0v) is 21.5. The largest absolute Gasteiger partial charge is 0.344 e. The Balaban J connectivity index is 1.48. The van der Waals surface area contributed by atoms with Crippen LogP contribution < -0.4 is 9.44 Å². The highest BCUT2D eigenvalue weighted by Crippen LogP contribution is 2.61. The van der Waals surface area contributed by atoms with E-state index in [0.29, 0.717) is 11.5 Å². The topological polar surface area (TPSA) is 46.1 Å². The van der Waals surface area contributed by atoms with Gasteiger partial charge in [-0.25, -0.2) is 0 Å². The highest BCUT2D eigenvalue weighted by atomic mass is 32.2. The van der Waals surface area contributed by atoms with Gasteiger partial charge in [0.05, 0.1) is 5.52 Å². The normalized spacial score (nSPS) is 17.7. The summed E-state index contributed by atoms with van der Waals surface area (Å²) in [5.41, 5.74) is 4.38. The van der Waals surface area contributed by atoms with Gasteiger partial charge >= 0.3 is 0 Å². The summed E-state index contributed by atoms with van der Waals surface area (Å²) in [7, 11) is 0. The van der Waals surface area contributed by atoms with E-state index in [1.54, 1.807) is 23.9 Å². The van der Waals surface area contributed by atoms with Gasteiger partial charge < -0.3 is 9.29 Å². The van der Waals surface area contributed by atoms with Crippen molar-refractivity contribution in [3.8, 4) is 0 Å². The van der Waals surface area contributed by atoms with Gasteiger partial charge in [0.2, 0.25) is 0 Å². The Morgan fingerprint density at radius 2 is 1.91 bits per heavy atom. The van der Waals surface area contributed by atoms with E-state index in [2.05, 4.69) is 65.2 Å². The van der Waals surface area contributed by atoms with Crippen molar-refractivity contribution in [2.45, 2.75) is 69.4 Å². The number of anilines is 1. The molecule has 3 aromatic rings. The number of fused-ring (bicyclic) bond motifs is 1. The summed E-state index contributed by atoms with van der Waals surface area (Å²) >= 11 is 3.17. The Kier molecular flexibility index (Phi) is 6.04. The standard InChI is InChI=1S/C27H33N3OS2/c1-26(2,3)29-33-21-8-5-7-18(13-21)25(31)23-17-30(20-15-27(16-20)11-6-12-27)24-14-19(28-32-4)9-10-22(23)24/h5,7-10,13-14,17,20,28-29H,6,11-12,15-16H2,1-4H3. The van der Waals surface area contributed by atoms with E-state index in [1.807, 2.05) is 24.5 Å². The first kappa shape index (κ1) is 22.9. The molecule has 1 heterocycles. The van der Waals surface area contributed by atoms with Gasteiger partial charge in [-0.15, -0.1) is 0 Å². The molecule has 0 radical (unpaired) electrons. The number of rotatable bonds is 7. The highest BCUT2D eigenvalue weighted by Gasteiger charge is 2.49.